The van der Waals surface area contributed by atoms with Crippen LogP contribution in [0.2, 0.25) is 0 Å². The van der Waals surface area contributed by atoms with E-state index in [4.69, 9.17) is 15.6 Å². The van der Waals surface area contributed by atoms with E-state index in [9.17, 15) is 13.2 Å². The minimum atomic E-state index is -3.72. The molecule has 0 radical (unpaired) electrons. The van der Waals surface area contributed by atoms with Gasteiger partial charge in [-0.1, -0.05) is 0 Å². The zero-order valence-electron chi connectivity index (χ0n) is 8.46. The molecule has 0 spiro atoms. The Balaban J connectivity index is 4.44. The highest BCUT2D eigenvalue weighted by atomic mass is 32.2. The van der Waals surface area contributed by atoms with Crippen LogP contribution in [-0.4, -0.2) is 42.6 Å². The molecule has 0 aromatic heterocycles. The molecule has 0 atom stereocenters. The van der Waals surface area contributed by atoms with E-state index < -0.39 is 29.1 Å². The van der Waals surface area contributed by atoms with Gasteiger partial charge in [0, 0.05) is 6.42 Å². The molecule has 0 aliphatic rings. The third-order valence-corrected chi connectivity index (χ3v) is 3.53. The summed E-state index contributed by atoms with van der Waals surface area (Å²) in [5, 5.41) is 25.1. The Hall–Kier alpha value is -1.64. The van der Waals surface area contributed by atoms with Crippen LogP contribution in [-0.2, 0) is 14.8 Å². The third kappa shape index (κ3) is 5.29. The summed E-state index contributed by atoms with van der Waals surface area (Å²) in [6.07, 6.45) is -0.294. The molecule has 0 aromatic rings. The quantitative estimate of drug-likeness (QED) is 0.605. The number of sulfonamides is 1. The molecule has 0 saturated carbocycles. The summed E-state index contributed by atoms with van der Waals surface area (Å²) in [5.41, 5.74) is 0. The maximum Gasteiger partial charge on any atom is 0.303 e. The number of carboxylic acid groups (broad SMARTS) is 1. The van der Waals surface area contributed by atoms with Crippen molar-refractivity contribution in [1.82, 2.24) is 4.31 Å². The van der Waals surface area contributed by atoms with Crippen molar-refractivity contribution in [3.63, 3.8) is 0 Å². The highest BCUT2D eigenvalue weighted by molar-refractivity contribution is 7.89. The predicted octanol–water partition coefficient (Wildman–Crippen LogP) is -0.470. The molecule has 7 nitrogen and oxygen atoms in total. The van der Waals surface area contributed by atoms with Crippen molar-refractivity contribution in [2.24, 2.45) is 0 Å². The summed E-state index contributed by atoms with van der Waals surface area (Å²) in [6, 6.07) is 3.27. The number of hydrogen-bond donors (Lipinski definition) is 1. The molecule has 1 N–H and O–H groups in total. The van der Waals surface area contributed by atoms with Crippen molar-refractivity contribution in [3.05, 3.63) is 0 Å². The minimum absolute atomic E-state index is 0.0367. The van der Waals surface area contributed by atoms with E-state index in [1.807, 2.05) is 0 Å². The van der Waals surface area contributed by atoms with Crippen LogP contribution in [0, 0.1) is 22.7 Å². The molecule has 0 aromatic carbocycles. The van der Waals surface area contributed by atoms with Gasteiger partial charge in [0.15, 0.2) is 0 Å². The van der Waals surface area contributed by atoms with Crippen LogP contribution in [0.1, 0.15) is 12.8 Å². The Morgan fingerprint density at radius 1 is 1.25 bits per heavy atom. The maximum atomic E-state index is 11.5. The summed E-state index contributed by atoms with van der Waals surface area (Å²) in [4.78, 5) is 10.2. The Kier molecular flexibility index (Phi) is 6.08. The lowest BCUT2D eigenvalue weighted by atomic mass is 10.3. The Bertz CT molecular complexity index is 402. The van der Waals surface area contributed by atoms with Crippen LogP contribution in [0.3, 0.4) is 0 Å². The molecule has 8 heteroatoms. The third-order valence-electron chi connectivity index (χ3n) is 1.68. The number of carboxylic acids is 1. The minimum Gasteiger partial charge on any atom is -0.481 e. The number of aliphatic carboxylic acids is 1. The fourth-order valence-corrected chi connectivity index (χ4v) is 2.22. The molecule has 88 valence electrons. The predicted molar refractivity (Wildman–Crippen MR) is 53.5 cm³/mol. The Morgan fingerprint density at radius 3 is 2.12 bits per heavy atom. The zero-order chi connectivity index (χ0) is 12.6. The van der Waals surface area contributed by atoms with Gasteiger partial charge in [0.25, 0.3) is 0 Å². The Labute approximate surface area is 93.6 Å². The van der Waals surface area contributed by atoms with E-state index in [0.29, 0.717) is 0 Å². The van der Waals surface area contributed by atoms with Gasteiger partial charge in [-0.05, 0) is 6.42 Å². The molecule has 0 aliphatic heterocycles. The monoisotopic (exact) mass is 245 g/mol. The van der Waals surface area contributed by atoms with Gasteiger partial charge in [0.1, 0.15) is 13.1 Å². The number of hydrogen-bond acceptors (Lipinski definition) is 5. The van der Waals surface area contributed by atoms with Crippen molar-refractivity contribution in [2.45, 2.75) is 12.8 Å². The smallest absolute Gasteiger partial charge is 0.303 e. The lowest BCUT2D eigenvalue weighted by molar-refractivity contribution is -0.137. The van der Waals surface area contributed by atoms with E-state index in [2.05, 4.69) is 0 Å². The fourth-order valence-electron chi connectivity index (χ4n) is 0.945. The second-order valence-electron chi connectivity index (χ2n) is 2.90. The molecule has 0 amide bonds. The van der Waals surface area contributed by atoms with Crippen LogP contribution in [0.25, 0.3) is 0 Å². The molecule has 0 bridgehead atoms. The lowest BCUT2D eigenvalue weighted by Crippen LogP contribution is -2.33. The first-order valence-electron chi connectivity index (χ1n) is 4.37. The van der Waals surface area contributed by atoms with E-state index in [1.165, 1.54) is 0 Å². The van der Waals surface area contributed by atoms with E-state index >= 15 is 0 Å². The van der Waals surface area contributed by atoms with E-state index in [0.717, 1.165) is 4.31 Å². The summed E-state index contributed by atoms with van der Waals surface area (Å²) < 4.78 is 23.8. The van der Waals surface area contributed by atoms with Crippen molar-refractivity contribution in [2.75, 3.05) is 18.8 Å². The van der Waals surface area contributed by atoms with Crippen molar-refractivity contribution in [1.29, 1.82) is 10.5 Å². The highest BCUT2D eigenvalue weighted by Crippen LogP contribution is 2.04. The van der Waals surface area contributed by atoms with Gasteiger partial charge < -0.3 is 5.11 Å². The molecule has 0 unspecified atom stereocenters. The van der Waals surface area contributed by atoms with Crippen molar-refractivity contribution < 1.29 is 18.3 Å². The zero-order valence-corrected chi connectivity index (χ0v) is 9.27. The van der Waals surface area contributed by atoms with Gasteiger partial charge in [-0.25, -0.2) is 8.42 Å². The first kappa shape index (κ1) is 14.4. The number of nitriles is 2. The largest absolute Gasteiger partial charge is 0.481 e. The van der Waals surface area contributed by atoms with Gasteiger partial charge in [-0.15, -0.1) is 0 Å². The topological polar surface area (TPSA) is 122 Å². The van der Waals surface area contributed by atoms with Gasteiger partial charge in [0.2, 0.25) is 10.0 Å². The number of carbonyl (C=O) groups is 1. The van der Waals surface area contributed by atoms with Crippen LogP contribution >= 0.6 is 0 Å². The van der Waals surface area contributed by atoms with Crippen LogP contribution in [0.5, 0.6) is 0 Å². The SMILES string of the molecule is N#CCN(CC#N)S(=O)(=O)CCCC(=O)O. The van der Waals surface area contributed by atoms with Gasteiger partial charge in [-0.2, -0.15) is 14.8 Å². The molecule has 0 rings (SSSR count). The highest BCUT2D eigenvalue weighted by Gasteiger charge is 2.21. The fraction of sp³-hybridized carbons (Fsp3) is 0.625. The average molecular weight is 245 g/mol. The average Bonchev–Trinajstić information content (AvgIpc) is 2.16. The Morgan fingerprint density at radius 2 is 1.75 bits per heavy atom. The van der Waals surface area contributed by atoms with Crippen LogP contribution < -0.4 is 0 Å². The maximum absolute atomic E-state index is 11.5. The van der Waals surface area contributed by atoms with Crippen molar-refractivity contribution in [3.8, 4) is 12.1 Å². The molecular weight excluding hydrogens is 234 g/mol. The summed E-state index contributed by atoms with van der Waals surface area (Å²) >= 11 is 0. The standard InChI is InChI=1S/C8H11N3O4S/c9-3-5-11(6-4-10)16(14,15)7-1-2-8(12)13/h1-2,5-7H2,(H,12,13). The molecule has 0 heterocycles. The van der Waals surface area contributed by atoms with Gasteiger partial charge in [0.05, 0.1) is 17.9 Å². The first-order valence-corrected chi connectivity index (χ1v) is 5.98. The van der Waals surface area contributed by atoms with Crippen molar-refractivity contribution >= 4 is 16.0 Å². The number of rotatable bonds is 7. The second-order valence-corrected chi connectivity index (χ2v) is 4.99. The van der Waals surface area contributed by atoms with Gasteiger partial charge in [-0.3, -0.25) is 4.79 Å². The first-order chi connectivity index (χ1) is 7.44. The van der Waals surface area contributed by atoms with E-state index in [-0.39, 0.29) is 18.6 Å². The summed E-state index contributed by atoms with van der Waals surface area (Å²) in [5.74, 6) is -1.45. The molecule has 16 heavy (non-hydrogen) atoms. The lowest BCUT2D eigenvalue weighted by Gasteiger charge is -2.15. The van der Waals surface area contributed by atoms with Crippen LogP contribution in [0.15, 0.2) is 0 Å². The van der Waals surface area contributed by atoms with Crippen LogP contribution in [0.4, 0.5) is 0 Å². The number of nitrogens with zero attached hydrogens (tertiary/aromatic N) is 3. The molecular formula is C8H11N3O4S. The summed E-state index contributed by atoms with van der Waals surface area (Å²) in [7, 11) is -3.72. The summed E-state index contributed by atoms with van der Waals surface area (Å²) in [6.45, 7) is -0.800. The molecule has 0 fully saturated rings. The van der Waals surface area contributed by atoms with E-state index in [1.54, 1.807) is 12.1 Å². The van der Waals surface area contributed by atoms with Gasteiger partial charge >= 0.3 is 5.97 Å². The second kappa shape index (κ2) is 6.77. The normalized spacial score (nSPS) is 10.7. The molecule has 0 saturated heterocycles. The molecule has 0 aliphatic carbocycles.